The van der Waals surface area contributed by atoms with Gasteiger partial charge in [0.2, 0.25) is 5.91 Å². The summed E-state index contributed by atoms with van der Waals surface area (Å²) in [6.07, 6.45) is 2.12. The number of hydrogen-bond donors (Lipinski definition) is 1. The van der Waals surface area contributed by atoms with Gasteiger partial charge in [0, 0.05) is 12.0 Å². The molecule has 3 rings (SSSR count). The SMILES string of the molecule is COc1ccccc1C(C)NC(=O)CCCc1nc2ccccc2s1. The Morgan fingerprint density at radius 2 is 1.96 bits per heavy atom. The molecule has 4 nitrogen and oxygen atoms in total. The van der Waals surface area contributed by atoms with Crippen LogP contribution in [0.4, 0.5) is 0 Å². The minimum absolute atomic E-state index is 0.0551. The lowest BCUT2D eigenvalue weighted by Gasteiger charge is -2.17. The standard InChI is InChI=1S/C20H22N2O2S/c1-14(15-8-3-5-10-17(15)24-2)21-19(23)12-7-13-20-22-16-9-4-6-11-18(16)25-20/h3-6,8-11,14H,7,12-13H2,1-2H3,(H,21,23). The predicted molar refractivity (Wildman–Crippen MR) is 102 cm³/mol. The lowest BCUT2D eigenvalue weighted by atomic mass is 10.1. The van der Waals surface area contributed by atoms with Gasteiger partial charge in [-0.3, -0.25) is 4.79 Å². The van der Waals surface area contributed by atoms with Crippen molar-refractivity contribution < 1.29 is 9.53 Å². The van der Waals surface area contributed by atoms with Crippen LogP contribution in [-0.2, 0) is 11.2 Å². The van der Waals surface area contributed by atoms with Gasteiger partial charge in [-0.1, -0.05) is 30.3 Å². The van der Waals surface area contributed by atoms with Gasteiger partial charge in [-0.15, -0.1) is 11.3 Å². The normalized spacial score (nSPS) is 12.1. The second-order valence-electron chi connectivity index (χ2n) is 5.96. The molecule has 0 saturated carbocycles. The Bertz CT molecular complexity index is 827. The molecule has 0 radical (unpaired) electrons. The van der Waals surface area contributed by atoms with Crippen molar-refractivity contribution in [2.24, 2.45) is 0 Å². The van der Waals surface area contributed by atoms with Crippen LogP contribution in [0.2, 0.25) is 0 Å². The number of aryl methyl sites for hydroxylation is 1. The molecule has 3 aromatic rings. The van der Waals surface area contributed by atoms with E-state index in [1.165, 1.54) is 4.70 Å². The third kappa shape index (κ3) is 4.37. The highest BCUT2D eigenvalue weighted by molar-refractivity contribution is 7.18. The maximum absolute atomic E-state index is 12.2. The molecule has 5 heteroatoms. The van der Waals surface area contributed by atoms with Crippen molar-refractivity contribution in [3.63, 3.8) is 0 Å². The van der Waals surface area contributed by atoms with Gasteiger partial charge in [0.05, 0.1) is 28.4 Å². The molecule has 1 heterocycles. The molecule has 1 N–H and O–H groups in total. The number of nitrogens with one attached hydrogen (secondary N) is 1. The van der Waals surface area contributed by atoms with Gasteiger partial charge >= 0.3 is 0 Å². The van der Waals surface area contributed by atoms with E-state index in [1.54, 1.807) is 18.4 Å². The summed E-state index contributed by atoms with van der Waals surface area (Å²) in [6.45, 7) is 1.98. The topological polar surface area (TPSA) is 51.2 Å². The van der Waals surface area contributed by atoms with Gasteiger partial charge in [-0.25, -0.2) is 4.98 Å². The minimum Gasteiger partial charge on any atom is -0.496 e. The van der Waals surface area contributed by atoms with Crippen LogP contribution in [0.1, 0.15) is 36.4 Å². The van der Waals surface area contributed by atoms with Crippen LogP contribution in [0.15, 0.2) is 48.5 Å². The first kappa shape index (κ1) is 17.4. The molecular weight excluding hydrogens is 332 g/mol. The van der Waals surface area contributed by atoms with E-state index >= 15 is 0 Å². The third-order valence-corrected chi connectivity index (χ3v) is 5.21. The van der Waals surface area contributed by atoms with E-state index < -0.39 is 0 Å². The molecule has 0 spiro atoms. The minimum atomic E-state index is -0.0777. The summed E-state index contributed by atoms with van der Waals surface area (Å²) in [5, 5.41) is 4.14. The lowest BCUT2D eigenvalue weighted by molar-refractivity contribution is -0.121. The number of nitrogens with zero attached hydrogens (tertiary/aromatic N) is 1. The number of para-hydroxylation sites is 2. The zero-order valence-electron chi connectivity index (χ0n) is 14.5. The zero-order valence-corrected chi connectivity index (χ0v) is 15.3. The van der Waals surface area contributed by atoms with E-state index in [0.29, 0.717) is 6.42 Å². The molecule has 1 atom stereocenters. The summed E-state index contributed by atoms with van der Waals surface area (Å²) in [5.41, 5.74) is 2.03. The van der Waals surface area contributed by atoms with Crippen LogP contribution in [-0.4, -0.2) is 18.0 Å². The van der Waals surface area contributed by atoms with E-state index in [9.17, 15) is 4.79 Å². The highest BCUT2D eigenvalue weighted by Gasteiger charge is 2.13. The van der Waals surface area contributed by atoms with Crippen LogP contribution < -0.4 is 10.1 Å². The van der Waals surface area contributed by atoms with Crippen molar-refractivity contribution in [1.29, 1.82) is 0 Å². The van der Waals surface area contributed by atoms with E-state index in [-0.39, 0.29) is 11.9 Å². The fourth-order valence-electron chi connectivity index (χ4n) is 2.84. The number of benzene rings is 2. The van der Waals surface area contributed by atoms with Crippen LogP contribution in [0.3, 0.4) is 0 Å². The lowest BCUT2D eigenvalue weighted by Crippen LogP contribution is -2.26. The molecule has 0 fully saturated rings. The Labute approximate surface area is 151 Å². The Kier molecular flexibility index (Phi) is 5.66. The van der Waals surface area contributed by atoms with Crippen LogP contribution in [0.5, 0.6) is 5.75 Å². The molecule has 25 heavy (non-hydrogen) atoms. The molecule has 130 valence electrons. The number of fused-ring (bicyclic) bond motifs is 1. The first-order chi connectivity index (χ1) is 12.2. The van der Waals surface area contributed by atoms with Crippen molar-refractivity contribution in [3.8, 4) is 5.75 Å². The number of carbonyl (C=O) groups excluding carboxylic acids is 1. The molecule has 2 aromatic carbocycles. The third-order valence-electron chi connectivity index (χ3n) is 4.12. The van der Waals surface area contributed by atoms with E-state index in [2.05, 4.69) is 16.4 Å². The molecule has 0 aliphatic heterocycles. The summed E-state index contributed by atoms with van der Waals surface area (Å²) in [6, 6.07) is 15.8. The van der Waals surface area contributed by atoms with Gasteiger partial charge in [-0.2, -0.15) is 0 Å². The first-order valence-corrected chi connectivity index (χ1v) is 9.25. The summed E-state index contributed by atoms with van der Waals surface area (Å²) in [5.74, 6) is 0.851. The Balaban J connectivity index is 1.50. The van der Waals surface area contributed by atoms with Crippen molar-refractivity contribution in [3.05, 3.63) is 59.1 Å². The largest absolute Gasteiger partial charge is 0.496 e. The number of aromatic nitrogens is 1. The number of methoxy groups -OCH3 is 1. The summed E-state index contributed by atoms with van der Waals surface area (Å²) in [4.78, 5) is 16.8. The van der Waals surface area contributed by atoms with Crippen molar-refractivity contribution in [2.75, 3.05) is 7.11 Å². The number of amides is 1. The molecule has 1 amide bonds. The van der Waals surface area contributed by atoms with Crippen LogP contribution in [0, 0.1) is 0 Å². The average Bonchev–Trinajstić information content (AvgIpc) is 3.04. The number of ether oxygens (including phenoxy) is 1. The Morgan fingerprint density at radius 1 is 1.20 bits per heavy atom. The Morgan fingerprint density at radius 3 is 2.76 bits per heavy atom. The van der Waals surface area contributed by atoms with Gasteiger partial charge in [0.15, 0.2) is 0 Å². The molecule has 1 aromatic heterocycles. The number of thiazole rings is 1. The van der Waals surface area contributed by atoms with Gasteiger partial charge in [0.25, 0.3) is 0 Å². The van der Waals surface area contributed by atoms with Gasteiger partial charge in [-0.05, 0) is 38.0 Å². The van der Waals surface area contributed by atoms with Crippen LogP contribution >= 0.6 is 11.3 Å². The molecule has 0 saturated heterocycles. The summed E-state index contributed by atoms with van der Waals surface area (Å²) < 4.78 is 6.56. The summed E-state index contributed by atoms with van der Waals surface area (Å²) in [7, 11) is 1.64. The van der Waals surface area contributed by atoms with E-state index in [0.717, 1.165) is 34.7 Å². The van der Waals surface area contributed by atoms with E-state index in [1.807, 2.05) is 49.4 Å². The molecular formula is C20H22N2O2S. The highest BCUT2D eigenvalue weighted by Crippen LogP contribution is 2.25. The second kappa shape index (κ2) is 8.12. The number of carbonyl (C=O) groups is 1. The van der Waals surface area contributed by atoms with Crippen molar-refractivity contribution in [1.82, 2.24) is 10.3 Å². The number of hydrogen-bond acceptors (Lipinski definition) is 4. The van der Waals surface area contributed by atoms with Gasteiger partial charge in [0.1, 0.15) is 5.75 Å². The first-order valence-electron chi connectivity index (χ1n) is 8.44. The molecule has 1 unspecified atom stereocenters. The second-order valence-corrected chi connectivity index (χ2v) is 7.08. The van der Waals surface area contributed by atoms with Crippen LogP contribution in [0.25, 0.3) is 10.2 Å². The fraction of sp³-hybridized carbons (Fsp3) is 0.300. The summed E-state index contributed by atoms with van der Waals surface area (Å²) >= 11 is 1.71. The van der Waals surface area contributed by atoms with Crippen molar-refractivity contribution in [2.45, 2.75) is 32.2 Å². The van der Waals surface area contributed by atoms with E-state index in [4.69, 9.17) is 4.74 Å². The van der Waals surface area contributed by atoms with Gasteiger partial charge < -0.3 is 10.1 Å². The average molecular weight is 354 g/mol. The molecule has 0 bridgehead atoms. The number of rotatable bonds is 7. The Hall–Kier alpha value is -2.40. The predicted octanol–water partition coefficient (Wildman–Crippen LogP) is 4.51. The smallest absolute Gasteiger partial charge is 0.220 e. The highest BCUT2D eigenvalue weighted by atomic mass is 32.1. The fourth-order valence-corrected chi connectivity index (χ4v) is 3.85. The zero-order chi connectivity index (χ0) is 17.6. The maximum Gasteiger partial charge on any atom is 0.220 e. The molecule has 0 aliphatic rings. The quantitative estimate of drug-likeness (QED) is 0.679. The monoisotopic (exact) mass is 354 g/mol. The maximum atomic E-state index is 12.2. The van der Waals surface area contributed by atoms with Crippen molar-refractivity contribution >= 4 is 27.5 Å². The molecule has 0 aliphatic carbocycles.